The lowest BCUT2D eigenvalue weighted by Gasteiger charge is -2.12. The van der Waals surface area contributed by atoms with Crippen molar-refractivity contribution in [2.75, 3.05) is 18.4 Å². The van der Waals surface area contributed by atoms with Gasteiger partial charge in [0.25, 0.3) is 15.9 Å². The number of nitrogens with two attached hydrogens (primary N) is 1. The Morgan fingerprint density at radius 3 is 2.60 bits per heavy atom. The number of nitrogens with one attached hydrogen (secondary N) is 1. The second-order valence-electron chi connectivity index (χ2n) is 5.19. The average molecular weight is 364 g/mol. The molecule has 3 N–H and O–H groups in total. The van der Waals surface area contributed by atoms with E-state index in [2.05, 4.69) is 4.72 Å². The van der Waals surface area contributed by atoms with E-state index in [4.69, 9.17) is 15.2 Å². The highest BCUT2D eigenvalue weighted by Gasteiger charge is 2.19. The largest absolute Gasteiger partial charge is 0.493 e. The Morgan fingerprint density at radius 1 is 1.20 bits per heavy atom. The Hall–Kier alpha value is -2.58. The van der Waals surface area contributed by atoms with E-state index in [1.807, 2.05) is 6.07 Å². The maximum absolute atomic E-state index is 12.6. The minimum Gasteiger partial charge on any atom is -0.493 e. The first-order chi connectivity index (χ1) is 11.9. The smallest absolute Gasteiger partial charge is 0.261 e. The van der Waals surface area contributed by atoms with Gasteiger partial charge in [-0.05, 0) is 42.8 Å². The zero-order valence-electron chi connectivity index (χ0n) is 14.0. The van der Waals surface area contributed by atoms with Gasteiger partial charge in [-0.25, -0.2) is 8.42 Å². The molecule has 25 heavy (non-hydrogen) atoms. The van der Waals surface area contributed by atoms with Crippen LogP contribution in [0.5, 0.6) is 5.75 Å². The first kappa shape index (κ1) is 18.8. The highest BCUT2D eigenvalue weighted by atomic mass is 32.2. The van der Waals surface area contributed by atoms with Crippen LogP contribution >= 0.6 is 0 Å². The SMILES string of the molecule is CCOc1ccc(S(=O)(=O)Nc2cccc(COC)c2)cc1C(N)=O. The number of carbonyl (C=O) groups is 1. The summed E-state index contributed by atoms with van der Waals surface area (Å²) in [6.07, 6.45) is 0. The van der Waals surface area contributed by atoms with Crippen molar-refractivity contribution in [1.29, 1.82) is 0 Å². The Morgan fingerprint density at radius 2 is 1.96 bits per heavy atom. The van der Waals surface area contributed by atoms with Crippen molar-refractivity contribution >= 4 is 21.6 Å². The molecule has 134 valence electrons. The standard InChI is InChI=1S/C17H20N2O5S/c1-3-24-16-8-7-14(10-15(16)17(18)20)25(21,22)19-13-6-4-5-12(9-13)11-23-2/h4-10,19H,3,11H2,1-2H3,(H2,18,20). The number of amides is 1. The molecule has 0 fully saturated rings. The van der Waals surface area contributed by atoms with Crippen molar-refractivity contribution in [2.45, 2.75) is 18.4 Å². The molecule has 0 bridgehead atoms. The molecule has 0 saturated carbocycles. The van der Waals surface area contributed by atoms with E-state index in [0.717, 1.165) is 5.56 Å². The maximum atomic E-state index is 12.6. The molecule has 0 spiro atoms. The van der Waals surface area contributed by atoms with Crippen molar-refractivity contribution in [2.24, 2.45) is 5.73 Å². The molecule has 1 amide bonds. The van der Waals surface area contributed by atoms with Gasteiger partial charge >= 0.3 is 0 Å². The number of primary amides is 1. The molecule has 2 aromatic rings. The van der Waals surface area contributed by atoms with Crippen LogP contribution in [0.4, 0.5) is 5.69 Å². The summed E-state index contributed by atoms with van der Waals surface area (Å²) < 4.78 is 38.0. The highest BCUT2D eigenvalue weighted by molar-refractivity contribution is 7.92. The van der Waals surface area contributed by atoms with Gasteiger partial charge in [0.1, 0.15) is 5.75 Å². The molecule has 7 nitrogen and oxygen atoms in total. The predicted molar refractivity (Wildman–Crippen MR) is 94.1 cm³/mol. The summed E-state index contributed by atoms with van der Waals surface area (Å²) in [4.78, 5) is 11.5. The highest BCUT2D eigenvalue weighted by Crippen LogP contribution is 2.24. The predicted octanol–water partition coefficient (Wildman–Crippen LogP) is 2.13. The van der Waals surface area contributed by atoms with Crippen molar-refractivity contribution in [3.8, 4) is 5.75 Å². The Bertz CT molecular complexity index is 865. The number of carbonyl (C=O) groups excluding carboxylic acids is 1. The first-order valence-electron chi connectivity index (χ1n) is 7.54. The van der Waals surface area contributed by atoms with Crippen LogP contribution in [0.3, 0.4) is 0 Å². The van der Waals surface area contributed by atoms with Gasteiger partial charge < -0.3 is 15.2 Å². The summed E-state index contributed by atoms with van der Waals surface area (Å²) in [6, 6.07) is 10.8. The van der Waals surface area contributed by atoms with E-state index in [9.17, 15) is 13.2 Å². The summed E-state index contributed by atoms with van der Waals surface area (Å²) in [5.74, 6) is -0.515. The van der Waals surface area contributed by atoms with Gasteiger partial charge in [-0.15, -0.1) is 0 Å². The zero-order valence-corrected chi connectivity index (χ0v) is 14.8. The van der Waals surface area contributed by atoms with Gasteiger partial charge in [0.05, 0.1) is 23.7 Å². The van der Waals surface area contributed by atoms with Crippen LogP contribution < -0.4 is 15.2 Å². The van der Waals surface area contributed by atoms with Gasteiger partial charge in [-0.2, -0.15) is 0 Å². The van der Waals surface area contributed by atoms with Crippen LogP contribution in [0, 0.1) is 0 Å². The minimum absolute atomic E-state index is 0.0119. The fourth-order valence-electron chi connectivity index (χ4n) is 2.26. The van der Waals surface area contributed by atoms with E-state index < -0.39 is 15.9 Å². The first-order valence-corrected chi connectivity index (χ1v) is 9.03. The third kappa shape index (κ3) is 4.71. The van der Waals surface area contributed by atoms with Crippen LogP contribution in [0.2, 0.25) is 0 Å². The topological polar surface area (TPSA) is 108 Å². The number of benzene rings is 2. The van der Waals surface area contributed by atoms with Crippen LogP contribution in [0.1, 0.15) is 22.8 Å². The lowest BCUT2D eigenvalue weighted by Crippen LogP contribution is -2.17. The summed E-state index contributed by atoms with van der Waals surface area (Å²) in [6.45, 7) is 2.45. The van der Waals surface area contributed by atoms with Crippen LogP contribution in [-0.4, -0.2) is 28.0 Å². The fourth-order valence-corrected chi connectivity index (χ4v) is 3.33. The Balaban J connectivity index is 2.34. The zero-order chi connectivity index (χ0) is 18.4. The maximum Gasteiger partial charge on any atom is 0.261 e. The molecule has 0 aromatic heterocycles. The van der Waals surface area contributed by atoms with E-state index in [-0.39, 0.29) is 16.2 Å². The molecule has 0 radical (unpaired) electrons. The molecular weight excluding hydrogens is 344 g/mol. The van der Waals surface area contributed by atoms with Gasteiger partial charge in [-0.3, -0.25) is 9.52 Å². The van der Waals surface area contributed by atoms with Crippen molar-refractivity contribution < 1.29 is 22.7 Å². The number of hydrogen-bond donors (Lipinski definition) is 2. The molecule has 0 saturated heterocycles. The number of anilines is 1. The number of rotatable bonds is 8. The number of sulfonamides is 1. The quantitative estimate of drug-likeness (QED) is 0.746. The fraction of sp³-hybridized carbons (Fsp3) is 0.235. The average Bonchev–Trinajstić information content (AvgIpc) is 2.55. The lowest BCUT2D eigenvalue weighted by atomic mass is 10.2. The summed E-state index contributed by atoms with van der Waals surface area (Å²) in [7, 11) is -2.33. The van der Waals surface area contributed by atoms with Crippen molar-refractivity contribution in [3.05, 3.63) is 53.6 Å². The van der Waals surface area contributed by atoms with Crippen molar-refractivity contribution in [3.63, 3.8) is 0 Å². The summed E-state index contributed by atoms with van der Waals surface area (Å²) in [5.41, 5.74) is 6.55. The van der Waals surface area contributed by atoms with Crippen LogP contribution in [-0.2, 0) is 21.4 Å². The number of hydrogen-bond acceptors (Lipinski definition) is 5. The molecule has 0 atom stereocenters. The monoisotopic (exact) mass is 364 g/mol. The van der Waals surface area contributed by atoms with Gasteiger partial charge in [0.15, 0.2) is 0 Å². The van der Waals surface area contributed by atoms with E-state index in [0.29, 0.717) is 18.9 Å². The molecule has 2 aromatic carbocycles. The number of ether oxygens (including phenoxy) is 2. The Labute approximate surface area is 146 Å². The molecule has 8 heteroatoms. The molecule has 0 aliphatic heterocycles. The lowest BCUT2D eigenvalue weighted by molar-refractivity contribution is 0.0996. The number of methoxy groups -OCH3 is 1. The van der Waals surface area contributed by atoms with E-state index in [1.54, 1.807) is 32.2 Å². The second kappa shape index (κ2) is 8.00. The van der Waals surface area contributed by atoms with Crippen LogP contribution in [0.25, 0.3) is 0 Å². The molecule has 0 unspecified atom stereocenters. The van der Waals surface area contributed by atoms with E-state index in [1.165, 1.54) is 18.2 Å². The molecule has 0 aliphatic carbocycles. The molecular formula is C17H20N2O5S. The molecule has 0 heterocycles. The molecule has 0 aliphatic rings. The Kier molecular flexibility index (Phi) is 6.00. The minimum atomic E-state index is -3.89. The summed E-state index contributed by atoms with van der Waals surface area (Å²) in [5, 5.41) is 0. The van der Waals surface area contributed by atoms with Crippen LogP contribution in [0.15, 0.2) is 47.4 Å². The molecule has 2 rings (SSSR count). The van der Waals surface area contributed by atoms with Gasteiger partial charge in [-0.1, -0.05) is 12.1 Å². The third-order valence-electron chi connectivity index (χ3n) is 3.32. The third-order valence-corrected chi connectivity index (χ3v) is 4.70. The second-order valence-corrected chi connectivity index (χ2v) is 6.88. The normalized spacial score (nSPS) is 11.1. The summed E-state index contributed by atoms with van der Waals surface area (Å²) >= 11 is 0. The van der Waals surface area contributed by atoms with Crippen molar-refractivity contribution in [1.82, 2.24) is 0 Å². The van der Waals surface area contributed by atoms with Gasteiger partial charge in [0, 0.05) is 12.8 Å². The van der Waals surface area contributed by atoms with E-state index >= 15 is 0 Å². The van der Waals surface area contributed by atoms with Gasteiger partial charge in [0.2, 0.25) is 0 Å².